The first-order valence-corrected chi connectivity index (χ1v) is 7.38. The predicted molar refractivity (Wildman–Crippen MR) is 66.3 cm³/mol. The highest BCUT2D eigenvalue weighted by Crippen LogP contribution is 2.19. The number of aromatic nitrogens is 2. The number of nitrogens with one attached hydrogen (secondary N) is 2. The van der Waals surface area contributed by atoms with Crippen LogP contribution in [-0.4, -0.2) is 47.1 Å². The number of hydrogen-bond acceptors (Lipinski definition) is 4. The molecule has 0 aliphatic carbocycles. The number of carboxylic acid groups (broad SMARTS) is 1. The monoisotopic (exact) mass is 288 g/mol. The molecule has 8 nitrogen and oxygen atoms in total. The lowest BCUT2D eigenvalue weighted by Gasteiger charge is -2.29. The molecule has 2 heterocycles. The average Bonchev–Trinajstić information content (AvgIpc) is 2.90. The van der Waals surface area contributed by atoms with Gasteiger partial charge in [0.2, 0.25) is 0 Å². The topological polar surface area (TPSA) is 115 Å². The maximum Gasteiger partial charge on any atom is 0.306 e. The quantitative estimate of drug-likeness (QED) is 0.678. The zero-order valence-electron chi connectivity index (χ0n) is 10.2. The Kier molecular flexibility index (Phi) is 4.17. The zero-order chi connectivity index (χ0) is 13.9. The molecule has 0 radical (unpaired) electrons. The van der Waals surface area contributed by atoms with Crippen LogP contribution in [-0.2, 0) is 21.5 Å². The van der Waals surface area contributed by atoms with Crippen molar-refractivity contribution in [1.82, 2.24) is 19.2 Å². The molecule has 0 unspecified atom stereocenters. The Balaban J connectivity index is 1.88. The molecule has 1 aliphatic heterocycles. The Labute approximate surface area is 111 Å². The van der Waals surface area contributed by atoms with E-state index < -0.39 is 22.1 Å². The first-order chi connectivity index (χ1) is 8.99. The van der Waals surface area contributed by atoms with Gasteiger partial charge in [0, 0.05) is 31.4 Å². The Morgan fingerprint density at radius 3 is 2.74 bits per heavy atom. The van der Waals surface area contributed by atoms with Gasteiger partial charge in [0.25, 0.3) is 10.2 Å². The van der Waals surface area contributed by atoms with Crippen molar-refractivity contribution in [3.63, 3.8) is 0 Å². The third-order valence-electron chi connectivity index (χ3n) is 3.16. The van der Waals surface area contributed by atoms with Crippen LogP contribution in [0.5, 0.6) is 0 Å². The van der Waals surface area contributed by atoms with Gasteiger partial charge < -0.3 is 5.11 Å². The van der Waals surface area contributed by atoms with Crippen LogP contribution >= 0.6 is 0 Å². The molecule has 0 aromatic carbocycles. The highest BCUT2D eigenvalue weighted by atomic mass is 32.2. The highest BCUT2D eigenvalue weighted by Gasteiger charge is 2.30. The molecule has 1 fully saturated rings. The fourth-order valence-corrected chi connectivity index (χ4v) is 3.21. The van der Waals surface area contributed by atoms with Crippen molar-refractivity contribution in [2.45, 2.75) is 19.4 Å². The molecule has 3 N–H and O–H groups in total. The molecule has 1 aromatic rings. The normalized spacial score (nSPS) is 18.5. The smallest absolute Gasteiger partial charge is 0.306 e. The Morgan fingerprint density at radius 2 is 2.21 bits per heavy atom. The van der Waals surface area contributed by atoms with E-state index in [1.54, 1.807) is 12.4 Å². The molecular weight excluding hydrogens is 272 g/mol. The molecule has 2 rings (SSSR count). The van der Waals surface area contributed by atoms with Gasteiger partial charge in [-0.1, -0.05) is 0 Å². The molecule has 0 bridgehead atoms. The SMILES string of the molecule is O=C(O)C1CCN(S(=O)(=O)NCc2cn[nH]c2)CC1. The van der Waals surface area contributed by atoms with E-state index in [1.165, 1.54) is 4.31 Å². The van der Waals surface area contributed by atoms with Crippen molar-refractivity contribution >= 4 is 16.2 Å². The van der Waals surface area contributed by atoms with Gasteiger partial charge in [-0.25, -0.2) is 0 Å². The van der Waals surface area contributed by atoms with E-state index in [0.717, 1.165) is 5.56 Å². The third-order valence-corrected chi connectivity index (χ3v) is 4.71. The number of hydrogen-bond donors (Lipinski definition) is 3. The van der Waals surface area contributed by atoms with E-state index in [2.05, 4.69) is 14.9 Å². The number of rotatable bonds is 5. The molecule has 0 amide bonds. The van der Waals surface area contributed by atoms with Gasteiger partial charge in [-0.3, -0.25) is 9.89 Å². The first kappa shape index (κ1) is 14.0. The fraction of sp³-hybridized carbons (Fsp3) is 0.600. The van der Waals surface area contributed by atoms with Crippen molar-refractivity contribution in [2.75, 3.05) is 13.1 Å². The molecule has 1 saturated heterocycles. The second kappa shape index (κ2) is 5.68. The molecular formula is C10H16N4O4S. The molecule has 106 valence electrons. The fourth-order valence-electron chi connectivity index (χ4n) is 1.98. The summed E-state index contributed by atoms with van der Waals surface area (Å²) in [6, 6.07) is 0. The van der Waals surface area contributed by atoms with Crippen molar-refractivity contribution in [2.24, 2.45) is 5.92 Å². The Hall–Kier alpha value is -1.45. The molecule has 9 heteroatoms. The van der Waals surface area contributed by atoms with Crippen LogP contribution in [0.15, 0.2) is 12.4 Å². The van der Waals surface area contributed by atoms with Crippen LogP contribution in [0.3, 0.4) is 0 Å². The van der Waals surface area contributed by atoms with E-state index >= 15 is 0 Å². The first-order valence-electron chi connectivity index (χ1n) is 5.94. The zero-order valence-corrected chi connectivity index (χ0v) is 11.1. The highest BCUT2D eigenvalue weighted by molar-refractivity contribution is 7.87. The summed E-state index contributed by atoms with van der Waals surface area (Å²) in [7, 11) is -3.56. The minimum Gasteiger partial charge on any atom is -0.481 e. The second-order valence-corrected chi connectivity index (χ2v) is 6.20. The van der Waals surface area contributed by atoms with Gasteiger partial charge in [0.15, 0.2) is 0 Å². The van der Waals surface area contributed by atoms with Crippen LogP contribution in [0, 0.1) is 5.92 Å². The number of carboxylic acids is 1. The lowest BCUT2D eigenvalue weighted by Crippen LogP contribution is -2.45. The van der Waals surface area contributed by atoms with Gasteiger partial charge in [-0.05, 0) is 12.8 Å². The second-order valence-electron chi connectivity index (χ2n) is 4.44. The minimum atomic E-state index is -3.56. The molecule has 0 saturated carbocycles. The van der Waals surface area contributed by atoms with Crippen LogP contribution in [0.25, 0.3) is 0 Å². The van der Waals surface area contributed by atoms with Crippen molar-refractivity contribution in [3.05, 3.63) is 18.0 Å². The van der Waals surface area contributed by atoms with E-state index in [0.29, 0.717) is 12.8 Å². The minimum absolute atomic E-state index is 0.164. The number of nitrogens with zero attached hydrogens (tertiary/aromatic N) is 2. The summed E-state index contributed by atoms with van der Waals surface area (Å²) < 4.78 is 27.7. The van der Waals surface area contributed by atoms with Crippen LogP contribution in [0.4, 0.5) is 0 Å². The number of piperidine rings is 1. The predicted octanol–water partition coefficient (Wildman–Crippen LogP) is -0.459. The summed E-state index contributed by atoms with van der Waals surface area (Å²) in [6.45, 7) is 0.632. The van der Waals surface area contributed by atoms with E-state index in [4.69, 9.17) is 5.11 Å². The van der Waals surface area contributed by atoms with E-state index in [-0.39, 0.29) is 19.6 Å². The van der Waals surface area contributed by atoms with Crippen molar-refractivity contribution in [1.29, 1.82) is 0 Å². The average molecular weight is 288 g/mol. The summed E-state index contributed by atoms with van der Waals surface area (Å²) in [4.78, 5) is 10.8. The summed E-state index contributed by atoms with van der Waals surface area (Å²) in [5.74, 6) is -1.30. The summed E-state index contributed by atoms with van der Waals surface area (Å²) >= 11 is 0. The maximum atomic E-state index is 12.0. The van der Waals surface area contributed by atoms with Crippen LogP contribution < -0.4 is 4.72 Å². The Bertz CT molecular complexity index is 520. The lowest BCUT2D eigenvalue weighted by atomic mass is 9.99. The van der Waals surface area contributed by atoms with Gasteiger partial charge >= 0.3 is 5.97 Å². The van der Waals surface area contributed by atoms with Gasteiger partial charge in [0.1, 0.15) is 0 Å². The molecule has 0 atom stereocenters. The lowest BCUT2D eigenvalue weighted by molar-refractivity contribution is -0.142. The van der Waals surface area contributed by atoms with E-state index in [9.17, 15) is 13.2 Å². The van der Waals surface area contributed by atoms with Crippen LogP contribution in [0.2, 0.25) is 0 Å². The maximum absolute atomic E-state index is 12.0. The largest absolute Gasteiger partial charge is 0.481 e. The summed E-state index contributed by atoms with van der Waals surface area (Å²) in [5.41, 5.74) is 0.740. The van der Waals surface area contributed by atoms with Crippen molar-refractivity contribution < 1.29 is 18.3 Å². The van der Waals surface area contributed by atoms with Gasteiger partial charge in [-0.15, -0.1) is 0 Å². The van der Waals surface area contributed by atoms with Crippen LogP contribution in [0.1, 0.15) is 18.4 Å². The third kappa shape index (κ3) is 3.52. The number of aliphatic carboxylic acids is 1. The summed E-state index contributed by atoms with van der Waals surface area (Å²) in [6.07, 6.45) is 3.85. The molecule has 1 aliphatic rings. The molecule has 1 aromatic heterocycles. The summed E-state index contributed by atoms with van der Waals surface area (Å²) in [5, 5.41) is 15.2. The van der Waals surface area contributed by atoms with Crippen molar-refractivity contribution in [3.8, 4) is 0 Å². The molecule has 19 heavy (non-hydrogen) atoms. The standard InChI is InChI=1S/C10H16N4O4S/c15-10(16)9-1-3-14(4-2-9)19(17,18)13-7-8-5-11-12-6-8/h5-6,9,13H,1-4,7H2,(H,11,12)(H,15,16). The number of H-pyrrole nitrogens is 1. The van der Waals surface area contributed by atoms with E-state index in [1.807, 2.05) is 0 Å². The number of carbonyl (C=O) groups is 1. The van der Waals surface area contributed by atoms with Gasteiger partial charge in [0.05, 0.1) is 12.1 Å². The molecule has 0 spiro atoms. The Morgan fingerprint density at radius 1 is 1.53 bits per heavy atom. The number of aromatic amines is 1. The van der Waals surface area contributed by atoms with Gasteiger partial charge in [-0.2, -0.15) is 22.5 Å².